The maximum atomic E-state index is 12.7. The van der Waals surface area contributed by atoms with Crippen molar-refractivity contribution in [3.63, 3.8) is 0 Å². The van der Waals surface area contributed by atoms with Gasteiger partial charge in [-0.05, 0) is 44.4 Å². The second-order valence-corrected chi connectivity index (χ2v) is 8.39. The van der Waals surface area contributed by atoms with Crippen LogP contribution in [-0.4, -0.2) is 39.9 Å². The minimum Gasteiger partial charge on any atom is -0.437 e. The number of carbonyl (C=O) groups excluding carboxylic acids is 1. The Kier molecular flexibility index (Phi) is 7.55. The molecule has 1 aliphatic rings. The van der Waals surface area contributed by atoms with Crippen LogP contribution < -0.4 is 19.9 Å². The largest absolute Gasteiger partial charge is 0.437 e. The molecule has 4 rings (SSSR count). The molecule has 37 heavy (non-hydrogen) atoms. The summed E-state index contributed by atoms with van der Waals surface area (Å²) in [6.07, 6.45) is 2.40. The number of fused-ring (bicyclic) bond motifs is 1. The van der Waals surface area contributed by atoms with Gasteiger partial charge in [-0.3, -0.25) is 4.79 Å². The zero-order valence-corrected chi connectivity index (χ0v) is 20.6. The number of hydrogen-bond acceptors (Lipinski definition) is 8. The summed E-state index contributed by atoms with van der Waals surface area (Å²) in [7, 11) is 1.90. The van der Waals surface area contributed by atoms with E-state index in [1.54, 1.807) is 23.2 Å². The third-order valence-electron chi connectivity index (χ3n) is 5.93. The quantitative estimate of drug-likeness (QED) is 0.423. The summed E-state index contributed by atoms with van der Waals surface area (Å²) >= 11 is 0. The number of amides is 1. The number of pyridine rings is 2. The van der Waals surface area contributed by atoms with Crippen molar-refractivity contribution < 1.29 is 22.7 Å². The number of alkyl halides is 3. The van der Waals surface area contributed by atoms with E-state index >= 15 is 0 Å². The summed E-state index contributed by atoms with van der Waals surface area (Å²) in [6, 6.07) is 5.43. The lowest BCUT2D eigenvalue weighted by molar-refractivity contribution is -0.141. The SMILES string of the molecule is C/C=C(/C)N(C)c1nc(NCc2ccc(Oc3ccc(C(F)(F)F)nc3)nc2)nc2c1N(C=O)CCC2. The minimum absolute atomic E-state index is 0.145. The fourth-order valence-electron chi connectivity index (χ4n) is 3.75. The van der Waals surface area contributed by atoms with Gasteiger partial charge in [-0.2, -0.15) is 18.2 Å². The Hall–Kier alpha value is -4.22. The third-order valence-corrected chi connectivity index (χ3v) is 5.93. The zero-order chi connectivity index (χ0) is 26.6. The number of nitrogens with zero attached hydrogens (tertiary/aromatic N) is 6. The number of anilines is 3. The number of halogens is 3. The zero-order valence-electron chi connectivity index (χ0n) is 20.6. The highest BCUT2D eigenvalue weighted by molar-refractivity contribution is 5.85. The van der Waals surface area contributed by atoms with Gasteiger partial charge in [0, 0.05) is 38.1 Å². The molecule has 0 radical (unpaired) electrons. The van der Waals surface area contributed by atoms with Crippen molar-refractivity contribution in [2.24, 2.45) is 0 Å². The summed E-state index contributed by atoms with van der Waals surface area (Å²) in [5.74, 6) is 1.43. The highest BCUT2D eigenvalue weighted by Crippen LogP contribution is 2.36. The minimum atomic E-state index is -4.51. The molecule has 12 heteroatoms. The van der Waals surface area contributed by atoms with Gasteiger partial charge in [0.2, 0.25) is 18.2 Å². The van der Waals surface area contributed by atoms with Crippen LogP contribution in [0.2, 0.25) is 0 Å². The van der Waals surface area contributed by atoms with E-state index < -0.39 is 11.9 Å². The van der Waals surface area contributed by atoms with Crippen LogP contribution in [0, 0.1) is 0 Å². The molecule has 9 nitrogen and oxygen atoms in total. The first-order chi connectivity index (χ1) is 17.7. The van der Waals surface area contributed by atoms with Gasteiger partial charge in [0.15, 0.2) is 5.82 Å². The van der Waals surface area contributed by atoms with E-state index in [0.29, 0.717) is 24.9 Å². The molecule has 1 N–H and O–H groups in total. The fraction of sp³-hybridized carbons (Fsp3) is 0.320. The number of carbonyl (C=O) groups is 1. The van der Waals surface area contributed by atoms with Crippen molar-refractivity contribution >= 4 is 23.9 Å². The first kappa shape index (κ1) is 25.9. The van der Waals surface area contributed by atoms with Crippen LogP contribution in [0.3, 0.4) is 0 Å². The van der Waals surface area contributed by atoms with Gasteiger partial charge in [-0.15, -0.1) is 0 Å². The molecule has 1 aliphatic heterocycles. The highest BCUT2D eigenvalue weighted by Gasteiger charge is 2.32. The van der Waals surface area contributed by atoms with Crippen LogP contribution in [0.5, 0.6) is 11.6 Å². The predicted octanol–water partition coefficient (Wildman–Crippen LogP) is 4.96. The molecule has 0 spiro atoms. The molecule has 0 atom stereocenters. The molecular formula is C25H26F3N7O2. The number of rotatable bonds is 8. The molecule has 3 aromatic heterocycles. The Morgan fingerprint density at radius 1 is 1.19 bits per heavy atom. The van der Waals surface area contributed by atoms with Crippen molar-refractivity contribution in [2.75, 3.05) is 28.7 Å². The molecule has 0 unspecified atom stereocenters. The van der Waals surface area contributed by atoms with E-state index in [2.05, 4.69) is 20.3 Å². The molecule has 0 saturated carbocycles. The number of nitrogens with one attached hydrogen (secondary N) is 1. The van der Waals surface area contributed by atoms with Crippen LogP contribution in [0.1, 0.15) is 37.2 Å². The second-order valence-electron chi connectivity index (χ2n) is 8.39. The van der Waals surface area contributed by atoms with Crippen LogP contribution in [0.15, 0.2) is 48.4 Å². The molecule has 194 valence electrons. The van der Waals surface area contributed by atoms with Crippen molar-refractivity contribution in [3.8, 4) is 11.6 Å². The molecule has 0 saturated heterocycles. The number of aryl methyl sites for hydroxylation is 1. The fourth-order valence-corrected chi connectivity index (χ4v) is 3.75. The Morgan fingerprint density at radius 3 is 2.62 bits per heavy atom. The van der Waals surface area contributed by atoms with Crippen LogP contribution in [0.4, 0.5) is 30.6 Å². The van der Waals surface area contributed by atoms with E-state index in [9.17, 15) is 18.0 Å². The maximum absolute atomic E-state index is 12.7. The lowest BCUT2D eigenvalue weighted by Crippen LogP contribution is -2.32. The molecule has 3 aromatic rings. The first-order valence-corrected chi connectivity index (χ1v) is 11.6. The van der Waals surface area contributed by atoms with Crippen LogP contribution in [-0.2, 0) is 23.9 Å². The molecule has 4 heterocycles. The topological polar surface area (TPSA) is 96.4 Å². The van der Waals surface area contributed by atoms with Crippen LogP contribution >= 0.6 is 0 Å². The van der Waals surface area contributed by atoms with Crippen molar-refractivity contribution in [1.29, 1.82) is 0 Å². The van der Waals surface area contributed by atoms with Gasteiger partial charge >= 0.3 is 6.18 Å². The monoisotopic (exact) mass is 513 g/mol. The van der Waals surface area contributed by atoms with Crippen LogP contribution in [0.25, 0.3) is 0 Å². The van der Waals surface area contributed by atoms with Gasteiger partial charge in [0.05, 0.1) is 11.9 Å². The van der Waals surface area contributed by atoms with Gasteiger partial charge in [0.1, 0.15) is 17.1 Å². The number of hydrogen-bond donors (Lipinski definition) is 1. The van der Waals surface area contributed by atoms with E-state index in [-0.39, 0.29) is 11.6 Å². The first-order valence-electron chi connectivity index (χ1n) is 11.6. The number of allylic oxidation sites excluding steroid dienone is 2. The average molecular weight is 514 g/mol. The molecule has 0 fully saturated rings. The normalized spacial score (nSPS) is 13.7. The lowest BCUT2D eigenvalue weighted by Gasteiger charge is -2.31. The highest BCUT2D eigenvalue weighted by atomic mass is 19.4. The van der Waals surface area contributed by atoms with Gasteiger partial charge in [-0.1, -0.05) is 12.1 Å². The van der Waals surface area contributed by atoms with Gasteiger partial charge in [-0.25, -0.2) is 15.0 Å². The van der Waals surface area contributed by atoms with Gasteiger partial charge < -0.3 is 19.9 Å². The Morgan fingerprint density at radius 2 is 2.00 bits per heavy atom. The number of ether oxygens (including phenoxy) is 1. The Balaban J connectivity index is 1.47. The third kappa shape index (κ3) is 5.96. The summed E-state index contributed by atoms with van der Waals surface area (Å²) in [5.41, 5.74) is 2.32. The average Bonchev–Trinajstić information content (AvgIpc) is 2.90. The number of aromatic nitrogens is 4. The van der Waals surface area contributed by atoms with Crippen molar-refractivity contribution in [1.82, 2.24) is 19.9 Å². The summed E-state index contributed by atoms with van der Waals surface area (Å²) in [6.45, 7) is 4.89. The molecule has 0 aromatic carbocycles. The van der Waals surface area contributed by atoms with Gasteiger partial charge in [0.25, 0.3) is 0 Å². The van der Waals surface area contributed by atoms with Crippen molar-refractivity contribution in [2.45, 2.75) is 39.4 Å². The van der Waals surface area contributed by atoms with Crippen molar-refractivity contribution in [3.05, 3.63) is 65.4 Å². The predicted molar refractivity (Wildman–Crippen MR) is 132 cm³/mol. The van der Waals surface area contributed by atoms with E-state index in [4.69, 9.17) is 9.72 Å². The smallest absolute Gasteiger partial charge is 0.433 e. The summed E-state index contributed by atoms with van der Waals surface area (Å²) in [4.78, 5) is 32.2. The molecular weight excluding hydrogens is 487 g/mol. The Bertz CT molecular complexity index is 1280. The standard InChI is InChI=1S/C25H26F3N7O2/c1-4-16(2)34(3)23-22-19(6-5-11-35(22)15-36)32-24(33-23)31-13-17-7-10-21(30-12-17)37-18-8-9-20(29-14-18)25(26,27)28/h4,7-10,12,14-15H,5-6,11,13H2,1-3H3,(H,31,32,33)/b16-4-. The summed E-state index contributed by atoms with van der Waals surface area (Å²) in [5, 5.41) is 3.21. The molecule has 0 bridgehead atoms. The summed E-state index contributed by atoms with van der Waals surface area (Å²) < 4.78 is 43.5. The molecule has 0 aliphatic carbocycles. The molecule has 1 amide bonds. The Labute approximate surface area is 212 Å². The van der Waals surface area contributed by atoms with E-state index in [0.717, 1.165) is 54.2 Å². The maximum Gasteiger partial charge on any atom is 0.433 e. The lowest BCUT2D eigenvalue weighted by atomic mass is 10.1. The van der Waals surface area contributed by atoms with E-state index in [1.807, 2.05) is 31.9 Å². The second kappa shape index (κ2) is 10.8. The van der Waals surface area contributed by atoms with E-state index in [1.165, 1.54) is 6.07 Å².